The van der Waals surface area contributed by atoms with Crippen molar-refractivity contribution in [2.24, 2.45) is 0 Å². The van der Waals surface area contributed by atoms with Crippen LogP contribution in [0.15, 0.2) is 30.5 Å². The number of rotatable bonds is 2. The Labute approximate surface area is 87.5 Å². The third-order valence-electron chi connectivity index (χ3n) is 2.12. The highest BCUT2D eigenvalue weighted by atomic mass is 16.1. The highest BCUT2D eigenvalue weighted by Crippen LogP contribution is 2.09. The van der Waals surface area contributed by atoms with Gasteiger partial charge in [0.2, 0.25) is 0 Å². The van der Waals surface area contributed by atoms with Gasteiger partial charge in [0.15, 0.2) is 5.78 Å². The van der Waals surface area contributed by atoms with Crippen molar-refractivity contribution in [3.63, 3.8) is 0 Å². The van der Waals surface area contributed by atoms with Gasteiger partial charge in [0.1, 0.15) is 5.69 Å². The van der Waals surface area contributed by atoms with Crippen LogP contribution in [0.1, 0.15) is 23.0 Å². The molecule has 76 valence electrons. The number of hydrogen-bond acceptors (Lipinski definition) is 3. The molecule has 0 N–H and O–H groups in total. The molecule has 2 aromatic rings. The van der Waals surface area contributed by atoms with Gasteiger partial charge in [-0.3, -0.25) is 4.79 Å². The van der Waals surface area contributed by atoms with Crippen LogP contribution >= 0.6 is 0 Å². The lowest BCUT2D eigenvalue weighted by Crippen LogP contribution is -1.94. The molecule has 15 heavy (non-hydrogen) atoms. The molecule has 1 aromatic heterocycles. The predicted molar refractivity (Wildman–Crippen MR) is 56.1 cm³/mol. The van der Waals surface area contributed by atoms with Crippen LogP contribution in [0, 0.1) is 6.92 Å². The number of aromatic nitrogens is 3. The van der Waals surface area contributed by atoms with Crippen LogP contribution in [-0.2, 0) is 0 Å². The van der Waals surface area contributed by atoms with Gasteiger partial charge in [0, 0.05) is 6.92 Å². The monoisotopic (exact) mass is 201 g/mol. The maximum atomic E-state index is 11.0. The van der Waals surface area contributed by atoms with E-state index in [1.54, 1.807) is 10.9 Å². The second-order valence-corrected chi connectivity index (χ2v) is 3.44. The average Bonchev–Trinajstić information content (AvgIpc) is 2.66. The molecule has 2 rings (SSSR count). The summed E-state index contributed by atoms with van der Waals surface area (Å²) in [5.74, 6) is -0.0751. The van der Waals surface area contributed by atoms with E-state index in [1.165, 1.54) is 6.92 Å². The molecule has 0 saturated heterocycles. The number of carbonyl (C=O) groups is 1. The van der Waals surface area contributed by atoms with Gasteiger partial charge in [-0.25, -0.2) is 4.68 Å². The molecule has 4 heteroatoms. The summed E-state index contributed by atoms with van der Waals surface area (Å²) in [5, 5.41) is 7.68. The fraction of sp³-hybridized carbons (Fsp3) is 0.182. The molecule has 0 spiro atoms. The van der Waals surface area contributed by atoms with Crippen LogP contribution < -0.4 is 0 Å². The number of hydrogen-bond donors (Lipinski definition) is 0. The maximum Gasteiger partial charge on any atom is 0.181 e. The first-order valence-corrected chi connectivity index (χ1v) is 4.67. The molecular weight excluding hydrogens is 190 g/mol. The SMILES string of the molecule is CC(=O)c1cn(-c2cccc(C)c2)nn1. The number of ketones is 1. The summed E-state index contributed by atoms with van der Waals surface area (Å²) in [6.07, 6.45) is 1.64. The molecular formula is C11H11N3O. The third-order valence-corrected chi connectivity index (χ3v) is 2.12. The van der Waals surface area contributed by atoms with Crippen molar-refractivity contribution < 1.29 is 4.79 Å². The molecule has 0 aliphatic heterocycles. The Hall–Kier alpha value is -1.97. The van der Waals surface area contributed by atoms with Gasteiger partial charge in [0.05, 0.1) is 11.9 Å². The molecule has 0 aliphatic carbocycles. The van der Waals surface area contributed by atoms with Gasteiger partial charge in [-0.15, -0.1) is 5.10 Å². The summed E-state index contributed by atoms with van der Waals surface area (Å²) < 4.78 is 1.60. The minimum absolute atomic E-state index is 0.0751. The average molecular weight is 201 g/mol. The summed E-state index contributed by atoms with van der Waals surface area (Å²) in [6, 6.07) is 7.86. The Balaban J connectivity index is 2.41. The Morgan fingerprint density at radius 1 is 1.40 bits per heavy atom. The van der Waals surface area contributed by atoms with Crippen molar-refractivity contribution in [1.29, 1.82) is 0 Å². The summed E-state index contributed by atoms with van der Waals surface area (Å²) >= 11 is 0. The molecule has 0 fully saturated rings. The largest absolute Gasteiger partial charge is 0.293 e. The number of benzene rings is 1. The topological polar surface area (TPSA) is 47.8 Å². The van der Waals surface area contributed by atoms with E-state index in [0.717, 1.165) is 11.3 Å². The zero-order chi connectivity index (χ0) is 10.8. The zero-order valence-corrected chi connectivity index (χ0v) is 8.64. The van der Waals surface area contributed by atoms with Gasteiger partial charge < -0.3 is 0 Å². The standard InChI is InChI=1S/C11H11N3O/c1-8-4-3-5-10(6-8)14-7-11(9(2)15)12-13-14/h3-7H,1-2H3. The van der Waals surface area contributed by atoms with Gasteiger partial charge in [-0.1, -0.05) is 17.3 Å². The lowest BCUT2D eigenvalue weighted by molar-refractivity contribution is 0.101. The highest BCUT2D eigenvalue weighted by Gasteiger charge is 2.06. The number of carbonyl (C=O) groups excluding carboxylic acids is 1. The molecule has 1 aromatic carbocycles. The first kappa shape index (κ1) is 9.58. The molecule has 1 heterocycles. The van der Waals surface area contributed by atoms with E-state index >= 15 is 0 Å². The van der Waals surface area contributed by atoms with Crippen LogP contribution in [0.3, 0.4) is 0 Å². The minimum Gasteiger partial charge on any atom is -0.293 e. The van der Waals surface area contributed by atoms with Crippen LogP contribution in [0.25, 0.3) is 5.69 Å². The van der Waals surface area contributed by atoms with E-state index in [-0.39, 0.29) is 5.78 Å². The molecule has 0 radical (unpaired) electrons. The van der Waals surface area contributed by atoms with Crippen molar-refractivity contribution in [3.8, 4) is 5.69 Å². The van der Waals surface area contributed by atoms with Crippen LogP contribution in [0.2, 0.25) is 0 Å². The van der Waals surface area contributed by atoms with E-state index in [1.807, 2.05) is 31.2 Å². The van der Waals surface area contributed by atoms with Gasteiger partial charge in [0.25, 0.3) is 0 Å². The lowest BCUT2D eigenvalue weighted by atomic mass is 10.2. The predicted octanol–water partition coefficient (Wildman–Crippen LogP) is 1.78. The van der Waals surface area contributed by atoms with Crippen molar-refractivity contribution in [2.75, 3.05) is 0 Å². The first-order valence-electron chi connectivity index (χ1n) is 4.67. The highest BCUT2D eigenvalue weighted by molar-refractivity contribution is 5.91. The third kappa shape index (κ3) is 1.93. The Morgan fingerprint density at radius 3 is 2.80 bits per heavy atom. The summed E-state index contributed by atoms with van der Waals surface area (Å²) in [4.78, 5) is 11.0. The van der Waals surface area contributed by atoms with Crippen LogP contribution in [0.5, 0.6) is 0 Å². The number of aryl methyl sites for hydroxylation is 1. The summed E-state index contributed by atoms with van der Waals surface area (Å²) in [6.45, 7) is 3.48. The number of Topliss-reactive ketones (excluding diaryl/α,β-unsaturated/α-hetero) is 1. The Bertz CT molecular complexity index is 502. The minimum atomic E-state index is -0.0751. The molecule has 0 atom stereocenters. The first-order chi connectivity index (χ1) is 7.16. The van der Waals surface area contributed by atoms with Gasteiger partial charge in [-0.05, 0) is 24.6 Å². The lowest BCUT2D eigenvalue weighted by Gasteiger charge is -1.99. The van der Waals surface area contributed by atoms with Crippen molar-refractivity contribution in [1.82, 2.24) is 15.0 Å². The summed E-state index contributed by atoms with van der Waals surface area (Å²) in [5.41, 5.74) is 2.44. The molecule has 4 nitrogen and oxygen atoms in total. The summed E-state index contributed by atoms with van der Waals surface area (Å²) in [7, 11) is 0. The van der Waals surface area contributed by atoms with E-state index in [0.29, 0.717) is 5.69 Å². The normalized spacial score (nSPS) is 10.3. The Morgan fingerprint density at radius 2 is 2.20 bits per heavy atom. The maximum absolute atomic E-state index is 11.0. The van der Waals surface area contributed by atoms with Crippen LogP contribution in [0.4, 0.5) is 0 Å². The van der Waals surface area contributed by atoms with E-state index in [2.05, 4.69) is 10.3 Å². The van der Waals surface area contributed by atoms with E-state index < -0.39 is 0 Å². The molecule has 0 aliphatic rings. The fourth-order valence-electron chi connectivity index (χ4n) is 1.32. The van der Waals surface area contributed by atoms with Gasteiger partial charge >= 0.3 is 0 Å². The Kier molecular flexibility index (Phi) is 2.33. The van der Waals surface area contributed by atoms with E-state index in [9.17, 15) is 4.79 Å². The second-order valence-electron chi connectivity index (χ2n) is 3.44. The van der Waals surface area contributed by atoms with Crippen molar-refractivity contribution in [3.05, 3.63) is 41.7 Å². The molecule has 0 unspecified atom stereocenters. The van der Waals surface area contributed by atoms with Crippen LogP contribution in [-0.4, -0.2) is 20.8 Å². The van der Waals surface area contributed by atoms with Crippen molar-refractivity contribution >= 4 is 5.78 Å². The van der Waals surface area contributed by atoms with Crippen molar-refractivity contribution in [2.45, 2.75) is 13.8 Å². The quantitative estimate of drug-likeness (QED) is 0.696. The smallest absolute Gasteiger partial charge is 0.181 e. The molecule has 0 bridgehead atoms. The van der Waals surface area contributed by atoms with Gasteiger partial charge in [-0.2, -0.15) is 0 Å². The number of nitrogens with zero attached hydrogens (tertiary/aromatic N) is 3. The van der Waals surface area contributed by atoms with E-state index in [4.69, 9.17) is 0 Å². The molecule has 0 amide bonds. The fourth-order valence-corrected chi connectivity index (χ4v) is 1.32. The zero-order valence-electron chi connectivity index (χ0n) is 8.64. The second kappa shape index (κ2) is 3.65. The molecule has 0 saturated carbocycles.